The van der Waals surface area contributed by atoms with Gasteiger partial charge in [0.15, 0.2) is 17.2 Å². The van der Waals surface area contributed by atoms with Crippen LogP contribution in [0.15, 0.2) is 53.2 Å². The molecule has 0 aliphatic carbocycles. The van der Waals surface area contributed by atoms with E-state index < -0.39 is 5.97 Å². The van der Waals surface area contributed by atoms with Crippen molar-refractivity contribution in [2.45, 2.75) is 39.5 Å². The largest absolute Gasteiger partial charge is 0.493 e. The number of carbonyl (C=O) groups is 1. The molecule has 1 aliphatic heterocycles. The van der Waals surface area contributed by atoms with Crippen LogP contribution in [0.25, 0.3) is 6.08 Å². The van der Waals surface area contributed by atoms with Crippen molar-refractivity contribution < 1.29 is 19.0 Å². The van der Waals surface area contributed by atoms with Crippen LogP contribution in [0.4, 0.5) is 0 Å². The summed E-state index contributed by atoms with van der Waals surface area (Å²) in [5, 5.41) is 0. The van der Waals surface area contributed by atoms with Gasteiger partial charge in [0, 0.05) is 5.56 Å². The minimum absolute atomic E-state index is 0.259. The van der Waals surface area contributed by atoms with Gasteiger partial charge in [0.25, 0.3) is 0 Å². The average molecular weight is 393 g/mol. The lowest BCUT2D eigenvalue weighted by Gasteiger charge is -2.10. The minimum Gasteiger partial charge on any atom is -0.493 e. The van der Waals surface area contributed by atoms with Crippen LogP contribution in [-0.2, 0) is 9.53 Å². The van der Waals surface area contributed by atoms with Gasteiger partial charge in [-0.05, 0) is 53.8 Å². The molecule has 0 aromatic heterocycles. The highest BCUT2D eigenvalue weighted by Crippen LogP contribution is 2.30. The van der Waals surface area contributed by atoms with Crippen molar-refractivity contribution in [2.75, 3.05) is 13.7 Å². The van der Waals surface area contributed by atoms with E-state index in [0.717, 1.165) is 24.0 Å². The van der Waals surface area contributed by atoms with Gasteiger partial charge in [-0.15, -0.1) is 0 Å². The molecule has 0 radical (unpaired) electrons. The lowest BCUT2D eigenvalue weighted by molar-refractivity contribution is -0.129. The summed E-state index contributed by atoms with van der Waals surface area (Å²) in [6, 6.07) is 13.4. The molecule has 5 nitrogen and oxygen atoms in total. The van der Waals surface area contributed by atoms with Crippen LogP contribution < -0.4 is 9.47 Å². The van der Waals surface area contributed by atoms with Crippen LogP contribution >= 0.6 is 0 Å². The maximum Gasteiger partial charge on any atom is 0.363 e. The van der Waals surface area contributed by atoms with E-state index in [1.807, 2.05) is 42.5 Å². The maximum atomic E-state index is 12.3. The number of benzene rings is 2. The molecule has 0 saturated carbocycles. The number of methoxy groups -OCH3 is 1. The molecule has 5 heteroatoms. The normalized spacial score (nSPS) is 14.9. The van der Waals surface area contributed by atoms with Gasteiger partial charge in [-0.2, -0.15) is 0 Å². The molecule has 3 rings (SSSR count). The van der Waals surface area contributed by atoms with Gasteiger partial charge in [-0.25, -0.2) is 9.79 Å². The van der Waals surface area contributed by atoms with Crippen molar-refractivity contribution in [3.05, 3.63) is 64.9 Å². The van der Waals surface area contributed by atoms with Crippen molar-refractivity contribution >= 4 is 17.9 Å². The molecule has 1 aliphatic rings. The fourth-order valence-electron chi connectivity index (χ4n) is 2.92. The Morgan fingerprint density at radius 3 is 2.52 bits per heavy atom. The van der Waals surface area contributed by atoms with Gasteiger partial charge >= 0.3 is 5.97 Å². The van der Waals surface area contributed by atoms with E-state index in [9.17, 15) is 4.79 Å². The molecule has 1 heterocycles. The fraction of sp³-hybridized carbons (Fsp3) is 0.333. The van der Waals surface area contributed by atoms with E-state index in [4.69, 9.17) is 14.2 Å². The molecule has 2 aromatic rings. The lowest BCUT2D eigenvalue weighted by atomic mass is 10.0. The SMILES string of the molecule is CCCCOc1ccc(/C=C2\N=C(c3ccc(C(C)C)cc3)OC2=O)cc1OC. The highest BCUT2D eigenvalue weighted by Gasteiger charge is 2.24. The molecular formula is C24H27NO4. The average Bonchev–Trinajstić information content (AvgIpc) is 3.09. The zero-order valence-electron chi connectivity index (χ0n) is 17.4. The summed E-state index contributed by atoms with van der Waals surface area (Å²) in [7, 11) is 1.60. The molecule has 29 heavy (non-hydrogen) atoms. The fourth-order valence-corrected chi connectivity index (χ4v) is 2.92. The smallest absolute Gasteiger partial charge is 0.363 e. The van der Waals surface area contributed by atoms with Crippen LogP contribution in [0, 0.1) is 0 Å². The van der Waals surface area contributed by atoms with Gasteiger partial charge in [-0.1, -0.05) is 45.4 Å². The first-order valence-corrected chi connectivity index (χ1v) is 9.95. The second-order valence-corrected chi connectivity index (χ2v) is 7.23. The van der Waals surface area contributed by atoms with E-state index in [0.29, 0.717) is 29.9 Å². The number of rotatable bonds is 8. The summed E-state index contributed by atoms with van der Waals surface area (Å²) < 4.78 is 16.5. The maximum absolute atomic E-state index is 12.3. The third kappa shape index (κ3) is 5.05. The van der Waals surface area contributed by atoms with E-state index >= 15 is 0 Å². The van der Waals surface area contributed by atoms with Crippen molar-refractivity contribution in [3.63, 3.8) is 0 Å². The molecule has 0 saturated heterocycles. The van der Waals surface area contributed by atoms with Crippen molar-refractivity contribution in [1.82, 2.24) is 0 Å². The Hall–Kier alpha value is -3.08. The quantitative estimate of drug-likeness (QED) is 0.345. The van der Waals surface area contributed by atoms with Gasteiger partial charge in [0.2, 0.25) is 5.90 Å². The summed E-state index contributed by atoms with van der Waals surface area (Å²) in [5.41, 5.74) is 3.05. The Kier molecular flexibility index (Phi) is 6.70. The summed E-state index contributed by atoms with van der Waals surface area (Å²) in [4.78, 5) is 16.7. The Morgan fingerprint density at radius 2 is 1.86 bits per heavy atom. The Bertz CT molecular complexity index is 926. The molecule has 0 amide bonds. The van der Waals surface area contributed by atoms with Crippen molar-refractivity contribution in [2.24, 2.45) is 4.99 Å². The Morgan fingerprint density at radius 1 is 1.10 bits per heavy atom. The lowest BCUT2D eigenvalue weighted by Crippen LogP contribution is -2.05. The first-order valence-electron chi connectivity index (χ1n) is 9.95. The molecule has 0 fully saturated rings. The van der Waals surface area contributed by atoms with Crippen LogP contribution in [0.3, 0.4) is 0 Å². The number of esters is 1. The van der Waals surface area contributed by atoms with Gasteiger partial charge in [-0.3, -0.25) is 0 Å². The zero-order chi connectivity index (χ0) is 20.8. The molecule has 0 atom stereocenters. The number of ether oxygens (including phenoxy) is 3. The van der Waals surface area contributed by atoms with Crippen molar-refractivity contribution in [1.29, 1.82) is 0 Å². The minimum atomic E-state index is -0.463. The standard InChI is InChI=1S/C24H27NO4/c1-5-6-13-28-21-12-7-17(15-22(21)27-4)14-20-24(26)29-23(25-20)19-10-8-18(9-11-19)16(2)3/h7-12,14-16H,5-6,13H2,1-4H3/b20-14-. The summed E-state index contributed by atoms with van der Waals surface area (Å²) in [6.07, 6.45) is 3.74. The van der Waals surface area contributed by atoms with Gasteiger partial charge < -0.3 is 14.2 Å². The monoisotopic (exact) mass is 393 g/mol. The highest BCUT2D eigenvalue weighted by molar-refractivity contribution is 6.12. The number of hydrogen-bond donors (Lipinski definition) is 0. The molecule has 0 N–H and O–H groups in total. The molecule has 152 valence electrons. The highest BCUT2D eigenvalue weighted by atomic mass is 16.6. The molecule has 0 bridgehead atoms. The molecule has 0 unspecified atom stereocenters. The van der Waals surface area contributed by atoms with Crippen LogP contribution in [0.1, 0.15) is 56.2 Å². The number of cyclic esters (lactones) is 1. The van der Waals surface area contributed by atoms with E-state index in [1.54, 1.807) is 13.2 Å². The number of unbranched alkanes of at least 4 members (excludes halogenated alkanes) is 1. The number of carbonyl (C=O) groups excluding carboxylic acids is 1. The predicted octanol–water partition coefficient (Wildman–Crippen LogP) is 5.34. The summed E-state index contributed by atoms with van der Waals surface area (Å²) >= 11 is 0. The predicted molar refractivity (Wildman–Crippen MR) is 115 cm³/mol. The van der Waals surface area contributed by atoms with Gasteiger partial charge in [0.05, 0.1) is 13.7 Å². The molecule has 0 spiro atoms. The third-order valence-electron chi connectivity index (χ3n) is 4.69. The van der Waals surface area contributed by atoms with E-state index in [2.05, 4.69) is 25.8 Å². The number of hydrogen-bond acceptors (Lipinski definition) is 5. The molecule has 2 aromatic carbocycles. The van der Waals surface area contributed by atoms with E-state index in [1.165, 1.54) is 5.56 Å². The Balaban J connectivity index is 1.81. The van der Waals surface area contributed by atoms with Crippen LogP contribution in [-0.4, -0.2) is 25.6 Å². The zero-order valence-corrected chi connectivity index (χ0v) is 17.4. The number of aliphatic imine (C=N–C) groups is 1. The first kappa shape index (κ1) is 20.6. The van der Waals surface area contributed by atoms with Crippen LogP contribution in [0.2, 0.25) is 0 Å². The van der Waals surface area contributed by atoms with Crippen LogP contribution in [0.5, 0.6) is 11.5 Å². The first-order chi connectivity index (χ1) is 14.0. The number of nitrogens with zero attached hydrogens (tertiary/aromatic N) is 1. The second kappa shape index (κ2) is 9.41. The summed E-state index contributed by atoms with van der Waals surface area (Å²) in [5.74, 6) is 1.61. The van der Waals surface area contributed by atoms with Crippen molar-refractivity contribution in [3.8, 4) is 11.5 Å². The Labute approximate surface area is 172 Å². The topological polar surface area (TPSA) is 57.1 Å². The summed E-state index contributed by atoms with van der Waals surface area (Å²) in [6.45, 7) is 7.03. The second-order valence-electron chi connectivity index (χ2n) is 7.23. The third-order valence-corrected chi connectivity index (χ3v) is 4.69. The van der Waals surface area contributed by atoms with E-state index in [-0.39, 0.29) is 5.70 Å². The molecular weight excluding hydrogens is 366 g/mol. The van der Waals surface area contributed by atoms with Gasteiger partial charge in [0.1, 0.15) is 0 Å².